The number of aryl methyl sites for hydroxylation is 1. The molecule has 2 fully saturated rings. The van der Waals surface area contributed by atoms with Gasteiger partial charge in [0.2, 0.25) is 0 Å². The normalized spacial score (nSPS) is 25.4. The van der Waals surface area contributed by atoms with Crippen molar-refractivity contribution in [3.63, 3.8) is 0 Å². The summed E-state index contributed by atoms with van der Waals surface area (Å²) in [6.07, 6.45) is 4.64. The largest absolute Gasteiger partial charge is 0.496 e. The number of benzene rings is 1. The quantitative estimate of drug-likeness (QED) is 0.886. The summed E-state index contributed by atoms with van der Waals surface area (Å²) in [7, 11) is 1.60. The van der Waals surface area contributed by atoms with E-state index in [9.17, 15) is 14.7 Å². The molecule has 1 N–H and O–H groups in total. The van der Waals surface area contributed by atoms with E-state index in [0.29, 0.717) is 18.1 Å². The molecule has 1 saturated heterocycles. The summed E-state index contributed by atoms with van der Waals surface area (Å²) in [4.78, 5) is 25.9. The Bertz CT molecular complexity index is 659. The molecule has 1 aliphatic carbocycles. The van der Waals surface area contributed by atoms with Gasteiger partial charge in [0, 0.05) is 6.04 Å². The Labute approximate surface area is 147 Å². The fourth-order valence-electron chi connectivity index (χ4n) is 4.20. The highest BCUT2D eigenvalue weighted by atomic mass is 16.5. The summed E-state index contributed by atoms with van der Waals surface area (Å²) < 4.78 is 10.8. The second kappa shape index (κ2) is 7.33. The number of hydrogen-bond donors (Lipinski definition) is 1. The van der Waals surface area contributed by atoms with Gasteiger partial charge in [0.25, 0.3) is 5.91 Å². The van der Waals surface area contributed by atoms with E-state index < -0.39 is 12.0 Å². The topological polar surface area (TPSA) is 76.1 Å². The van der Waals surface area contributed by atoms with E-state index in [2.05, 4.69) is 0 Å². The molecule has 3 atom stereocenters. The van der Waals surface area contributed by atoms with Crippen LogP contribution >= 0.6 is 0 Å². The average Bonchev–Trinajstić information content (AvgIpc) is 2.99. The molecule has 1 aliphatic heterocycles. The summed E-state index contributed by atoms with van der Waals surface area (Å²) in [5, 5.41) is 9.51. The molecular formula is C19H25NO5. The van der Waals surface area contributed by atoms with Gasteiger partial charge < -0.3 is 19.5 Å². The first kappa shape index (κ1) is 17.6. The average molecular weight is 347 g/mol. The van der Waals surface area contributed by atoms with E-state index in [1.165, 1.54) is 0 Å². The zero-order valence-electron chi connectivity index (χ0n) is 14.7. The molecule has 2 aliphatic rings. The molecule has 25 heavy (non-hydrogen) atoms. The van der Waals surface area contributed by atoms with Crippen LogP contribution in [0.2, 0.25) is 0 Å². The Balaban J connectivity index is 1.68. The summed E-state index contributed by atoms with van der Waals surface area (Å²) in [5.41, 5.74) is 0.921. The maximum Gasteiger partial charge on any atom is 0.326 e. The highest BCUT2D eigenvalue weighted by Crippen LogP contribution is 2.39. The van der Waals surface area contributed by atoms with Gasteiger partial charge in [-0.3, -0.25) is 4.79 Å². The first-order valence-corrected chi connectivity index (χ1v) is 8.82. The van der Waals surface area contributed by atoms with Gasteiger partial charge in [-0.25, -0.2) is 4.79 Å². The number of ether oxygens (including phenoxy) is 2. The molecule has 6 nitrogen and oxygen atoms in total. The Hall–Kier alpha value is -2.24. The predicted molar refractivity (Wildman–Crippen MR) is 91.9 cm³/mol. The molecule has 3 rings (SSSR count). The lowest BCUT2D eigenvalue weighted by Gasteiger charge is -2.32. The highest BCUT2D eigenvalue weighted by molar-refractivity contribution is 5.85. The molecule has 1 amide bonds. The second-order valence-corrected chi connectivity index (χ2v) is 6.92. The molecule has 3 unspecified atom stereocenters. The number of methoxy groups -OCH3 is 1. The van der Waals surface area contributed by atoms with Crippen LogP contribution in [0.25, 0.3) is 0 Å². The molecule has 1 aromatic rings. The van der Waals surface area contributed by atoms with Crippen LogP contribution in [-0.4, -0.2) is 47.7 Å². The van der Waals surface area contributed by atoms with Crippen LogP contribution in [0.1, 0.15) is 37.7 Å². The molecule has 0 radical (unpaired) electrons. The van der Waals surface area contributed by atoms with Crippen molar-refractivity contribution in [3.8, 4) is 11.5 Å². The SMILES string of the molecule is COc1ccc(OCC(=O)N2C(C(=O)O)CC3CCCCC32)cc1C. The zero-order chi connectivity index (χ0) is 18.0. The molecular weight excluding hydrogens is 322 g/mol. The summed E-state index contributed by atoms with van der Waals surface area (Å²) in [6.45, 7) is 1.76. The number of nitrogens with zero attached hydrogens (tertiary/aromatic N) is 1. The van der Waals surface area contributed by atoms with Crippen LogP contribution in [0.15, 0.2) is 18.2 Å². The molecule has 1 saturated carbocycles. The van der Waals surface area contributed by atoms with E-state index in [-0.39, 0.29) is 18.6 Å². The van der Waals surface area contributed by atoms with E-state index in [0.717, 1.165) is 37.0 Å². The maximum atomic E-state index is 12.7. The van der Waals surface area contributed by atoms with Gasteiger partial charge in [-0.15, -0.1) is 0 Å². The van der Waals surface area contributed by atoms with Crippen molar-refractivity contribution in [1.29, 1.82) is 0 Å². The number of likely N-dealkylation sites (tertiary alicyclic amines) is 1. The number of fused-ring (bicyclic) bond motifs is 1. The lowest BCUT2D eigenvalue weighted by Crippen LogP contribution is -2.48. The van der Waals surface area contributed by atoms with Gasteiger partial charge in [-0.2, -0.15) is 0 Å². The van der Waals surface area contributed by atoms with Crippen molar-refractivity contribution < 1.29 is 24.2 Å². The third kappa shape index (κ3) is 3.57. The number of amides is 1. The number of carboxylic acids is 1. The Morgan fingerprint density at radius 2 is 2.04 bits per heavy atom. The van der Waals surface area contributed by atoms with E-state index in [1.807, 2.05) is 13.0 Å². The van der Waals surface area contributed by atoms with Crippen LogP contribution in [0.3, 0.4) is 0 Å². The van der Waals surface area contributed by atoms with Gasteiger partial charge in [-0.05, 0) is 55.9 Å². The van der Waals surface area contributed by atoms with Crippen molar-refractivity contribution >= 4 is 11.9 Å². The molecule has 0 spiro atoms. The van der Waals surface area contributed by atoms with Gasteiger partial charge in [0.1, 0.15) is 17.5 Å². The first-order chi connectivity index (χ1) is 12.0. The molecule has 136 valence electrons. The number of hydrogen-bond acceptors (Lipinski definition) is 4. The number of rotatable bonds is 5. The number of carbonyl (C=O) groups excluding carboxylic acids is 1. The molecule has 1 aromatic carbocycles. The predicted octanol–water partition coefficient (Wildman–Crippen LogP) is 2.63. The minimum Gasteiger partial charge on any atom is -0.496 e. The van der Waals surface area contributed by atoms with E-state index in [1.54, 1.807) is 24.1 Å². The summed E-state index contributed by atoms with van der Waals surface area (Å²) in [6, 6.07) is 4.68. The van der Waals surface area contributed by atoms with Crippen molar-refractivity contribution in [1.82, 2.24) is 4.90 Å². The van der Waals surface area contributed by atoms with E-state index in [4.69, 9.17) is 9.47 Å². The Kier molecular flexibility index (Phi) is 5.16. The molecule has 6 heteroatoms. The van der Waals surface area contributed by atoms with Crippen molar-refractivity contribution in [2.45, 2.75) is 51.1 Å². The fraction of sp³-hybridized carbons (Fsp3) is 0.579. The van der Waals surface area contributed by atoms with Gasteiger partial charge in [0.15, 0.2) is 6.61 Å². The Morgan fingerprint density at radius 3 is 2.72 bits per heavy atom. The number of carboxylic acid groups (broad SMARTS) is 1. The summed E-state index contributed by atoms with van der Waals surface area (Å²) in [5.74, 6) is 0.493. The minimum absolute atomic E-state index is 0.0450. The number of carbonyl (C=O) groups is 2. The van der Waals surface area contributed by atoms with Crippen LogP contribution in [-0.2, 0) is 9.59 Å². The van der Waals surface area contributed by atoms with Crippen LogP contribution < -0.4 is 9.47 Å². The van der Waals surface area contributed by atoms with Crippen molar-refractivity contribution in [2.75, 3.05) is 13.7 Å². The zero-order valence-corrected chi connectivity index (χ0v) is 14.7. The van der Waals surface area contributed by atoms with Crippen LogP contribution in [0.4, 0.5) is 0 Å². The minimum atomic E-state index is -0.914. The Morgan fingerprint density at radius 1 is 1.28 bits per heavy atom. The monoisotopic (exact) mass is 347 g/mol. The maximum absolute atomic E-state index is 12.7. The highest BCUT2D eigenvalue weighted by Gasteiger charge is 2.47. The lowest BCUT2D eigenvalue weighted by molar-refractivity contribution is -0.150. The third-order valence-corrected chi connectivity index (χ3v) is 5.39. The molecule has 0 bridgehead atoms. The third-order valence-electron chi connectivity index (χ3n) is 5.39. The van der Waals surface area contributed by atoms with Crippen LogP contribution in [0, 0.1) is 12.8 Å². The van der Waals surface area contributed by atoms with E-state index >= 15 is 0 Å². The van der Waals surface area contributed by atoms with Crippen LogP contribution in [0.5, 0.6) is 11.5 Å². The number of aliphatic carboxylic acids is 1. The smallest absolute Gasteiger partial charge is 0.326 e. The van der Waals surface area contributed by atoms with Gasteiger partial charge >= 0.3 is 5.97 Å². The lowest BCUT2D eigenvalue weighted by atomic mass is 9.85. The van der Waals surface area contributed by atoms with Crippen molar-refractivity contribution in [2.24, 2.45) is 5.92 Å². The van der Waals surface area contributed by atoms with Gasteiger partial charge in [-0.1, -0.05) is 12.8 Å². The second-order valence-electron chi connectivity index (χ2n) is 6.92. The van der Waals surface area contributed by atoms with Gasteiger partial charge in [0.05, 0.1) is 7.11 Å². The fourth-order valence-corrected chi connectivity index (χ4v) is 4.20. The summed E-state index contributed by atoms with van der Waals surface area (Å²) >= 11 is 0. The standard InChI is InChI=1S/C19H25NO5/c1-12-9-14(7-8-17(12)24-2)25-11-18(21)20-15-6-4-3-5-13(15)10-16(20)19(22)23/h7-9,13,15-16H,3-6,10-11H2,1-2H3,(H,22,23). The first-order valence-electron chi connectivity index (χ1n) is 8.82. The molecule has 1 heterocycles. The molecule has 0 aromatic heterocycles. The van der Waals surface area contributed by atoms with Crippen molar-refractivity contribution in [3.05, 3.63) is 23.8 Å².